The van der Waals surface area contributed by atoms with Gasteiger partial charge in [0.05, 0.1) is 37.6 Å². The van der Waals surface area contributed by atoms with Gasteiger partial charge in [0, 0.05) is 24.9 Å². The quantitative estimate of drug-likeness (QED) is 0.362. The van der Waals surface area contributed by atoms with Crippen molar-refractivity contribution in [2.45, 2.75) is 96.5 Å². The molecule has 0 aromatic heterocycles. The van der Waals surface area contributed by atoms with Crippen molar-refractivity contribution >= 4 is 5.97 Å². The highest BCUT2D eigenvalue weighted by Gasteiger charge is 2.55. The van der Waals surface area contributed by atoms with Crippen molar-refractivity contribution in [3.8, 4) is 0 Å². The molecule has 3 atom stereocenters. The Bertz CT molecular complexity index is 665. The maximum atomic E-state index is 12.3. The molecular formula is C25H43NO6. The van der Waals surface area contributed by atoms with Gasteiger partial charge in [-0.3, -0.25) is 9.69 Å². The van der Waals surface area contributed by atoms with Crippen LogP contribution in [0.15, 0.2) is 11.3 Å². The fourth-order valence-electron chi connectivity index (χ4n) is 5.30. The molecule has 32 heavy (non-hydrogen) atoms. The van der Waals surface area contributed by atoms with E-state index in [1.165, 1.54) is 12.8 Å². The Hall–Kier alpha value is -1.15. The third-order valence-corrected chi connectivity index (χ3v) is 7.75. The lowest BCUT2D eigenvalue weighted by atomic mass is 9.69. The van der Waals surface area contributed by atoms with Gasteiger partial charge in [0.25, 0.3) is 0 Å². The molecule has 0 radical (unpaired) electrons. The van der Waals surface area contributed by atoms with E-state index in [4.69, 9.17) is 14.2 Å². The molecule has 1 saturated heterocycles. The first-order chi connectivity index (χ1) is 15.2. The number of hydrogen-bond donors (Lipinski definition) is 2. The molecule has 7 heteroatoms. The maximum absolute atomic E-state index is 12.3. The molecule has 3 fully saturated rings. The van der Waals surface area contributed by atoms with Gasteiger partial charge in [0.1, 0.15) is 0 Å². The molecule has 1 heterocycles. The predicted octanol–water partition coefficient (Wildman–Crippen LogP) is 3.95. The first-order valence-corrected chi connectivity index (χ1v) is 12.4. The minimum atomic E-state index is -0.912. The van der Waals surface area contributed by atoms with E-state index in [2.05, 4.69) is 11.8 Å². The van der Waals surface area contributed by atoms with E-state index in [1.54, 1.807) is 13.8 Å². The summed E-state index contributed by atoms with van der Waals surface area (Å²) >= 11 is 0. The molecule has 7 nitrogen and oxygen atoms in total. The van der Waals surface area contributed by atoms with E-state index in [0.717, 1.165) is 31.5 Å². The SMILES string of the molecule is CCOC(=O)CC1C[C@@](O)([C@@H](C)N(CCC/C(C)=C(\C)O)CC2CC2)CCC12OCCO2. The van der Waals surface area contributed by atoms with E-state index in [1.807, 2.05) is 6.92 Å². The van der Waals surface area contributed by atoms with Crippen LogP contribution in [0, 0.1) is 11.8 Å². The van der Waals surface area contributed by atoms with Gasteiger partial charge in [-0.2, -0.15) is 0 Å². The highest BCUT2D eigenvalue weighted by molar-refractivity contribution is 5.69. The molecule has 2 aliphatic carbocycles. The summed E-state index contributed by atoms with van der Waals surface area (Å²) in [5.41, 5.74) is 0.108. The summed E-state index contributed by atoms with van der Waals surface area (Å²) in [6, 6.07) is -0.0361. The fraction of sp³-hybridized carbons (Fsp3) is 0.880. The van der Waals surface area contributed by atoms with Crippen LogP contribution in [0.3, 0.4) is 0 Å². The molecule has 2 saturated carbocycles. The first-order valence-electron chi connectivity index (χ1n) is 12.4. The summed E-state index contributed by atoms with van der Waals surface area (Å²) in [6.45, 7) is 10.9. The van der Waals surface area contributed by atoms with Crippen molar-refractivity contribution in [3.63, 3.8) is 0 Å². The summed E-state index contributed by atoms with van der Waals surface area (Å²) in [4.78, 5) is 14.8. The second kappa shape index (κ2) is 10.9. The Kier molecular flexibility index (Phi) is 8.64. The van der Waals surface area contributed by atoms with Crippen LogP contribution in [0.5, 0.6) is 0 Å². The van der Waals surface area contributed by atoms with E-state index in [0.29, 0.717) is 50.8 Å². The lowest BCUT2D eigenvalue weighted by Crippen LogP contribution is -2.59. The van der Waals surface area contributed by atoms with Gasteiger partial charge in [-0.1, -0.05) is 0 Å². The summed E-state index contributed by atoms with van der Waals surface area (Å²) in [6.07, 6.45) is 6.14. The molecule has 1 aliphatic heterocycles. The number of aliphatic hydroxyl groups excluding tert-OH is 1. The van der Waals surface area contributed by atoms with E-state index >= 15 is 0 Å². The van der Waals surface area contributed by atoms with Gasteiger partial charge in [-0.05, 0) is 84.3 Å². The number of aliphatic hydroxyl groups is 2. The second-order valence-electron chi connectivity index (χ2n) is 10.1. The molecule has 0 bridgehead atoms. The number of hydrogen-bond acceptors (Lipinski definition) is 7. The molecule has 0 amide bonds. The van der Waals surface area contributed by atoms with Crippen LogP contribution in [0.2, 0.25) is 0 Å². The smallest absolute Gasteiger partial charge is 0.306 e. The minimum absolute atomic E-state index is 0.0361. The number of rotatable bonds is 11. The zero-order valence-electron chi connectivity index (χ0n) is 20.4. The average molecular weight is 454 g/mol. The molecule has 3 rings (SSSR count). The fourth-order valence-corrected chi connectivity index (χ4v) is 5.30. The van der Waals surface area contributed by atoms with Crippen LogP contribution in [-0.2, 0) is 19.0 Å². The van der Waals surface area contributed by atoms with Crippen LogP contribution in [-0.4, -0.2) is 71.4 Å². The topological polar surface area (TPSA) is 88.5 Å². The Balaban J connectivity index is 1.70. The molecule has 1 unspecified atom stereocenters. The van der Waals surface area contributed by atoms with Crippen molar-refractivity contribution in [2.75, 3.05) is 32.9 Å². The van der Waals surface area contributed by atoms with Crippen molar-refractivity contribution in [1.82, 2.24) is 4.90 Å². The molecule has 3 aliphatic rings. The highest BCUT2D eigenvalue weighted by Crippen LogP contribution is 2.48. The van der Waals surface area contributed by atoms with E-state index in [-0.39, 0.29) is 24.3 Å². The Morgan fingerprint density at radius 1 is 1.22 bits per heavy atom. The number of allylic oxidation sites excluding steroid dienone is 2. The van der Waals surface area contributed by atoms with Gasteiger partial charge in [0.15, 0.2) is 5.79 Å². The third kappa shape index (κ3) is 6.25. The largest absolute Gasteiger partial charge is 0.513 e. The van der Waals surface area contributed by atoms with Crippen LogP contribution in [0.25, 0.3) is 0 Å². The van der Waals surface area contributed by atoms with Crippen LogP contribution in [0.1, 0.15) is 79.1 Å². The summed E-state index contributed by atoms with van der Waals surface area (Å²) < 4.78 is 17.2. The summed E-state index contributed by atoms with van der Waals surface area (Å²) in [7, 11) is 0. The van der Waals surface area contributed by atoms with E-state index in [9.17, 15) is 15.0 Å². The minimum Gasteiger partial charge on any atom is -0.513 e. The Morgan fingerprint density at radius 3 is 2.50 bits per heavy atom. The lowest BCUT2D eigenvalue weighted by molar-refractivity contribution is -0.247. The third-order valence-electron chi connectivity index (χ3n) is 7.75. The van der Waals surface area contributed by atoms with Crippen LogP contribution >= 0.6 is 0 Å². The van der Waals surface area contributed by atoms with Crippen molar-refractivity contribution in [1.29, 1.82) is 0 Å². The van der Waals surface area contributed by atoms with Gasteiger partial charge in [-0.15, -0.1) is 0 Å². The van der Waals surface area contributed by atoms with Gasteiger partial charge in [0.2, 0.25) is 0 Å². The highest BCUT2D eigenvalue weighted by atomic mass is 16.7. The Morgan fingerprint density at radius 2 is 1.91 bits per heavy atom. The number of nitrogens with zero attached hydrogens (tertiary/aromatic N) is 1. The van der Waals surface area contributed by atoms with Crippen LogP contribution < -0.4 is 0 Å². The lowest BCUT2D eigenvalue weighted by Gasteiger charge is -2.50. The number of esters is 1. The molecule has 0 aromatic rings. The zero-order chi connectivity index (χ0) is 23.4. The predicted molar refractivity (Wildman–Crippen MR) is 122 cm³/mol. The summed E-state index contributed by atoms with van der Waals surface area (Å²) in [5.74, 6) is -0.148. The van der Waals surface area contributed by atoms with Gasteiger partial charge in [-0.25, -0.2) is 0 Å². The van der Waals surface area contributed by atoms with Gasteiger partial charge >= 0.3 is 5.97 Å². The van der Waals surface area contributed by atoms with Crippen molar-refractivity contribution in [2.24, 2.45) is 11.8 Å². The monoisotopic (exact) mass is 453 g/mol. The second-order valence-corrected chi connectivity index (χ2v) is 10.1. The number of ether oxygens (including phenoxy) is 3. The number of carbonyl (C=O) groups is 1. The van der Waals surface area contributed by atoms with Crippen LogP contribution in [0.4, 0.5) is 0 Å². The zero-order valence-corrected chi connectivity index (χ0v) is 20.4. The molecule has 0 aromatic carbocycles. The molecule has 184 valence electrons. The van der Waals surface area contributed by atoms with Crippen molar-refractivity contribution < 1.29 is 29.2 Å². The normalized spacial score (nSPS) is 29.2. The van der Waals surface area contributed by atoms with E-state index < -0.39 is 11.4 Å². The summed E-state index contributed by atoms with van der Waals surface area (Å²) in [5, 5.41) is 21.5. The Labute approximate surface area is 193 Å². The average Bonchev–Trinajstić information content (AvgIpc) is 3.44. The number of carbonyl (C=O) groups excluding carboxylic acids is 1. The molecular weight excluding hydrogens is 410 g/mol. The van der Waals surface area contributed by atoms with Gasteiger partial charge < -0.3 is 24.4 Å². The molecule has 1 spiro atoms. The van der Waals surface area contributed by atoms with Crippen molar-refractivity contribution in [3.05, 3.63) is 11.3 Å². The molecule has 2 N–H and O–H groups in total. The standard InChI is InChI=1S/C25H43NO6/c1-5-30-23(28)15-22-16-24(29,10-11-25(22)31-13-14-32-25)20(4)26(17-21-8-9-21)12-6-7-18(2)19(3)27/h20-22,27,29H,5-17H2,1-4H3/b19-18+/t20-,22?,24-/m1/s1. The maximum Gasteiger partial charge on any atom is 0.306 e. The first kappa shape index (κ1) is 25.5.